The van der Waals surface area contributed by atoms with Crippen LogP contribution in [0.4, 0.5) is 0 Å². The number of hydrogen-bond acceptors (Lipinski definition) is 5. The van der Waals surface area contributed by atoms with E-state index in [2.05, 4.69) is 27.1 Å². The molecule has 1 amide bonds. The van der Waals surface area contributed by atoms with Crippen LogP contribution in [0.2, 0.25) is 0 Å². The molecule has 0 N–H and O–H groups in total. The summed E-state index contributed by atoms with van der Waals surface area (Å²) in [6.07, 6.45) is 2.98. The molecule has 0 aliphatic carbocycles. The lowest BCUT2D eigenvalue weighted by Crippen LogP contribution is -2.49. The van der Waals surface area contributed by atoms with Gasteiger partial charge in [-0.15, -0.1) is 0 Å². The number of carbonyl (C=O) groups is 1. The first-order valence-electron chi connectivity index (χ1n) is 11.1. The van der Waals surface area contributed by atoms with Gasteiger partial charge in [-0.05, 0) is 24.1 Å². The van der Waals surface area contributed by atoms with E-state index in [0.717, 1.165) is 30.9 Å². The molecular formula is C25H26N6O2. The van der Waals surface area contributed by atoms with Gasteiger partial charge in [0.15, 0.2) is 5.65 Å². The summed E-state index contributed by atoms with van der Waals surface area (Å²) in [6.45, 7) is 5.79. The lowest BCUT2D eigenvalue weighted by Gasteiger charge is -2.34. The van der Waals surface area contributed by atoms with Crippen molar-refractivity contribution in [3.8, 4) is 5.69 Å². The highest BCUT2D eigenvalue weighted by Gasteiger charge is 2.22. The average Bonchev–Trinajstić information content (AvgIpc) is 3.27. The summed E-state index contributed by atoms with van der Waals surface area (Å²) in [5.41, 5.74) is 3.43. The van der Waals surface area contributed by atoms with Gasteiger partial charge in [0.25, 0.3) is 5.56 Å². The second kappa shape index (κ2) is 8.99. The third kappa shape index (κ3) is 4.29. The molecule has 8 nitrogen and oxygen atoms in total. The molecule has 0 bridgehead atoms. The smallest absolute Gasteiger partial charge is 0.264 e. The summed E-state index contributed by atoms with van der Waals surface area (Å²) in [5, 5.41) is 4.78. The summed E-state index contributed by atoms with van der Waals surface area (Å²) in [4.78, 5) is 34.5. The van der Waals surface area contributed by atoms with E-state index < -0.39 is 0 Å². The largest absolute Gasteiger partial charge is 0.339 e. The first-order chi connectivity index (χ1) is 16.1. The molecule has 0 unspecified atom stereocenters. The molecule has 4 aromatic rings. The number of aryl methyl sites for hydroxylation is 1. The predicted molar refractivity (Wildman–Crippen MR) is 126 cm³/mol. The van der Waals surface area contributed by atoms with Crippen LogP contribution in [0.1, 0.15) is 11.1 Å². The molecule has 0 radical (unpaired) electrons. The Morgan fingerprint density at radius 2 is 1.70 bits per heavy atom. The van der Waals surface area contributed by atoms with Crippen molar-refractivity contribution in [2.75, 3.05) is 26.2 Å². The Morgan fingerprint density at radius 1 is 0.970 bits per heavy atom. The second-order valence-corrected chi connectivity index (χ2v) is 8.40. The number of aromatic nitrogens is 4. The van der Waals surface area contributed by atoms with Crippen molar-refractivity contribution in [3.05, 3.63) is 88.6 Å². The highest BCUT2D eigenvalue weighted by atomic mass is 16.2. The fraction of sp³-hybridized carbons (Fsp3) is 0.280. The molecule has 0 atom stereocenters. The molecule has 0 saturated carbocycles. The predicted octanol–water partition coefficient (Wildman–Crippen LogP) is 2.24. The van der Waals surface area contributed by atoms with Gasteiger partial charge in [-0.3, -0.25) is 19.1 Å². The molecule has 1 aliphatic heterocycles. The minimum atomic E-state index is -0.254. The maximum atomic E-state index is 13.0. The first-order valence-corrected chi connectivity index (χ1v) is 11.1. The number of carbonyl (C=O) groups excluding carboxylic acids is 1. The maximum Gasteiger partial charge on any atom is 0.264 e. The zero-order chi connectivity index (χ0) is 22.8. The molecule has 8 heteroatoms. The number of rotatable bonds is 5. The third-order valence-corrected chi connectivity index (χ3v) is 6.18. The first kappa shape index (κ1) is 21.1. The Morgan fingerprint density at radius 3 is 2.45 bits per heavy atom. The molecule has 33 heavy (non-hydrogen) atoms. The van der Waals surface area contributed by atoms with Gasteiger partial charge in [-0.2, -0.15) is 5.10 Å². The second-order valence-electron chi connectivity index (χ2n) is 8.40. The van der Waals surface area contributed by atoms with Crippen molar-refractivity contribution in [2.24, 2.45) is 0 Å². The zero-order valence-electron chi connectivity index (χ0n) is 18.6. The normalized spacial score (nSPS) is 14.6. The monoisotopic (exact) mass is 442 g/mol. The lowest BCUT2D eigenvalue weighted by molar-refractivity contribution is -0.133. The Labute approximate surface area is 191 Å². The van der Waals surface area contributed by atoms with Crippen molar-refractivity contribution in [2.45, 2.75) is 20.0 Å². The molecular weight excluding hydrogens is 416 g/mol. The minimum Gasteiger partial charge on any atom is -0.339 e. The van der Waals surface area contributed by atoms with E-state index in [1.807, 2.05) is 54.3 Å². The van der Waals surface area contributed by atoms with Crippen LogP contribution in [-0.2, 0) is 17.9 Å². The number of piperazine rings is 1. The van der Waals surface area contributed by atoms with Gasteiger partial charge in [-0.25, -0.2) is 9.67 Å². The van der Waals surface area contributed by atoms with Crippen LogP contribution in [0, 0.1) is 6.92 Å². The van der Waals surface area contributed by atoms with Crippen molar-refractivity contribution in [1.29, 1.82) is 0 Å². The third-order valence-electron chi connectivity index (χ3n) is 6.18. The summed E-state index contributed by atoms with van der Waals surface area (Å²) >= 11 is 0. The van der Waals surface area contributed by atoms with Crippen LogP contribution in [0.25, 0.3) is 16.7 Å². The topological polar surface area (TPSA) is 76.3 Å². The van der Waals surface area contributed by atoms with Crippen LogP contribution in [-0.4, -0.2) is 61.2 Å². The van der Waals surface area contributed by atoms with Crippen molar-refractivity contribution >= 4 is 16.9 Å². The van der Waals surface area contributed by atoms with Gasteiger partial charge < -0.3 is 4.90 Å². The van der Waals surface area contributed by atoms with Gasteiger partial charge in [0, 0.05) is 32.7 Å². The van der Waals surface area contributed by atoms with Gasteiger partial charge in [0.2, 0.25) is 5.91 Å². The Kier molecular flexibility index (Phi) is 5.75. The van der Waals surface area contributed by atoms with Crippen molar-refractivity contribution in [3.63, 3.8) is 0 Å². The van der Waals surface area contributed by atoms with E-state index >= 15 is 0 Å². The molecule has 2 aromatic heterocycles. The quantitative estimate of drug-likeness (QED) is 0.474. The lowest BCUT2D eigenvalue weighted by atomic mass is 10.2. The maximum absolute atomic E-state index is 13.0. The Balaban J connectivity index is 1.27. The zero-order valence-corrected chi connectivity index (χ0v) is 18.6. The van der Waals surface area contributed by atoms with Crippen LogP contribution in [0.15, 0.2) is 71.9 Å². The molecule has 1 aliphatic rings. The summed E-state index contributed by atoms with van der Waals surface area (Å²) in [6, 6.07) is 18.2. The fourth-order valence-electron chi connectivity index (χ4n) is 4.28. The standard InChI is InChI=1S/C25H26N6O2/c1-19-7-5-6-10-22(19)31-24-21(15-27-31)25(33)30(18-26-24)17-23(32)29-13-11-28(12-14-29)16-20-8-3-2-4-9-20/h2-10,15,18H,11-14,16-17H2,1H3. The Bertz CT molecular complexity index is 1340. The van der Waals surface area contributed by atoms with E-state index in [4.69, 9.17) is 0 Å². The molecule has 0 spiro atoms. The minimum absolute atomic E-state index is 0.0179. The summed E-state index contributed by atoms with van der Waals surface area (Å²) in [5.74, 6) is -0.0658. The highest BCUT2D eigenvalue weighted by Crippen LogP contribution is 2.17. The molecule has 2 aromatic carbocycles. The highest BCUT2D eigenvalue weighted by molar-refractivity contribution is 5.78. The van der Waals surface area contributed by atoms with Gasteiger partial charge in [0.1, 0.15) is 18.3 Å². The number of nitrogens with zero attached hydrogens (tertiary/aromatic N) is 6. The van der Waals surface area contributed by atoms with E-state index in [1.165, 1.54) is 22.7 Å². The van der Waals surface area contributed by atoms with E-state index in [0.29, 0.717) is 24.1 Å². The molecule has 168 valence electrons. The number of benzene rings is 2. The number of amides is 1. The van der Waals surface area contributed by atoms with Crippen molar-refractivity contribution in [1.82, 2.24) is 29.1 Å². The molecule has 5 rings (SSSR count). The summed E-state index contributed by atoms with van der Waals surface area (Å²) < 4.78 is 3.05. The molecule has 1 fully saturated rings. The van der Waals surface area contributed by atoms with Crippen LogP contribution < -0.4 is 5.56 Å². The van der Waals surface area contributed by atoms with Gasteiger partial charge in [0.05, 0.1) is 11.9 Å². The molecule has 1 saturated heterocycles. The van der Waals surface area contributed by atoms with Crippen LogP contribution >= 0.6 is 0 Å². The summed E-state index contributed by atoms with van der Waals surface area (Å²) in [7, 11) is 0. The van der Waals surface area contributed by atoms with Crippen molar-refractivity contribution < 1.29 is 4.79 Å². The number of hydrogen-bond donors (Lipinski definition) is 0. The Hall–Kier alpha value is -3.78. The van der Waals surface area contributed by atoms with E-state index in [-0.39, 0.29) is 18.0 Å². The van der Waals surface area contributed by atoms with E-state index in [9.17, 15) is 9.59 Å². The fourth-order valence-corrected chi connectivity index (χ4v) is 4.28. The van der Waals surface area contributed by atoms with Crippen LogP contribution in [0.5, 0.6) is 0 Å². The average molecular weight is 443 g/mol. The number of para-hydroxylation sites is 1. The van der Waals surface area contributed by atoms with Gasteiger partial charge >= 0.3 is 0 Å². The SMILES string of the molecule is Cc1ccccc1-n1ncc2c(=O)n(CC(=O)N3CCN(Cc4ccccc4)CC3)cnc21. The number of fused-ring (bicyclic) bond motifs is 1. The van der Waals surface area contributed by atoms with E-state index in [1.54, 1.807) is 4.68 Å². The molecule has 3 heterocycles. The van der Waals surface area contributed by atoms with Crippen LogP contribution in [0.3, 0.4) is 0 Å². The van der Waals surface area contributed by atoms with Gasteiger partial charge in [-0.1, -0.05) is 48.5 Å².